The molecule has 2 N–H and O–H groups in total. The molecule has 6 nitrogen and oxygen atoms in total. The fraction of sp³-hybridized carbons (Fsp3) is 0.889. The smallest absolute Gasteiger partial charge is 0.220 e. The molecule has 0 aromatic heterocycles. The maximum atomic E-state index is 12.0. The monoisotopic (exact) mass is 344 g/mol. The lowest BCUT2D eigenvalue weighted by Gasteiger charge is -2.21. The van der Waals surface area contributed by atoms with Crippen LogP contribution in [0.2, 0.25) is 0 Å². The average molecular weight is 344 g/mol. The standard InChI is InChI=1S/C18H36N2O4/c1-5-23-11-7-9-17(21)19-14-16(13-15(3)4)20-18(22)10-8-12-24-6-2/h15-16H,5-14H2,1-4H3,(H,19,21)(H,20,22). The summed E-state index contributed by atoms with van der Waals surface area (Å²) in [7, 11) is 0. The van der Waals surface area contributed by atoms with Crippen LogP contribution < -0.4 is 10.6 Å². The van der Waals surface area contributed by atoms with Crippen LogP contribution >= 0.6 is 0 Å². The quantitative estimate of drug-likeness (QED) is 0.447. The highest BCUT2D eigenvalue weighted by atomic mass is 16.5. The highest BCUT2D eigenvalue weighted by molar-refractivity contribution is 5.77. The van der Waals surface area contributed by atoms with Crippen LogP contribution in [0.3, 0.4) is 0 Å². The van der Waals surface area contributed by atoms with Gasteiger partial charge in [-0.05, 0) is 39.0 Å². The van der Waals surface area contributed by atoms with Gasteiger partial charge in [0.25, 0.3) is 0 Å². The van der Waals surface area contributed by atoms with Crippen LogP contribution in [-0.4, -0.2) is 50.8 Å². The van der Waals surface area contributed by atoms with E-state index in [1.807, 2.05) is 13.8 Å². The third-order valence-electron chi connectivity index (χ3n) is 3.46. The average Bonchev–Trinajstić information content (AvgIpc) is 2.53. The van der Waals surface area contributed by atoms with Crippen molar-refractivity contribution in [3.63, 3.8) is 0 Å². The van der Waals surface area contributed by atoms with Crippen molar-refractivity contribution in [3.8, 4) is 0 Å². The lowest BCUT2D eigenvalue weighted by molar-refractivity contribution is -0.124. The van der Waals surface area contributed by atoms with Crippen LogP contribution in [0, 0.1) is 5.92 Å². The molecule has 0 saturated carbocycles. The molecule has 0 rings (SSSR count). The molecule has 0 aliphatic carbocycles. The number of hydrogen-bond donors (Lipinski definition) is 2. The normalized spacial score (nSPS) is 12.2. The molecule has 142 valence electrons. The Morgan fingerprint density at radius 3 is 1.96 bits per heavy atom. The Morgan fingerprint density at radius 2 is 1.46 bits per heavy atom. The van der Waals surface area contributed by atoms with Gasteiger partial charge in [-0.2, -0.15) is 0 Å². The van der Waals surface area contributed by atoms with Crippen LogP contribution in [0.5, 0.6) is 0 Å². The largest absolute Gasteiger partial charge is 0.382 e. The van der Waals surface area contributed by atoms with Crippen molar-refractivity contribution in [1.29, 1.82) is 0 Å². The van der Waals surface area contributed by atoms with E-state index in [0.29, 0.717) is 51.7 Å². The second kappa shape index (κ2) is 15.4. The van der Waals surface area contributed by atoms with Gasteiger partial charge in [-0.3, -0.25) is 9.59 Å². The lowest BCUT2D eigenvalue weighted by Crippen LogP contribution is -2.44. The van der Waals surface area contributed by atoms with Crippen LogP contribution in [0.25, 0.3) is 0 Å². The number of nitrogens with one attached hydrogen (secondary N) is 2. The van der Waals surface area contributed by atoms with Crippen molar-refractivity contribution in [2.24, 2.45) is 5.92 Å². The molecule has 1 unspecified atom stereocenters. The summed E-state index contributed by atoms with van der Waals surface area (Å²) in [4.78, 5) is 23.8. The third-order valence-corrected chi connectivity index (χ3v) is 3.46. The van der Waals surface area contributed by atoms with Gasteiger partial charge in [0.05, 0.1) is 0 Å². The molecule has 0 aliphatic heterocycles. The molecule has 0 heterocycles. The summed E-state index contributed by atoms with van der Waals surface area (Å²) in [6.45, 7) is 11.1. The Bertz CT molecular complexity index is 335. The van der Waals surface area contributed by atoms with Crippen molar-refractivity contribution in [2.75, 3.05) is 33.0 Å². The number of carbonyl (C=O) groups is 2. The molecule has 0 aromatic carbocycles. The zero-order valence-corrected chi connectivity index (χ0v) is 15.9. The zero-order valence-electron chi connectivity index (χ0n) is 15.9. The van der Waals surface area contributed by atoms with Gasteiger partial charge >= 0.3 is 0 Å². The summed E-state index contributed by atoms with van der Waals surface area (Å²) in [6.07, 6.45) is 3.19. The van der Waals surface area contributed by atoms with E-state index < -0.39 is 0 Å². The van der Waals surface area contributed by atoms with E-state index in [1.54, 1.807) is 0 Å². The SMILES string of the molecule is CCOCCCC(=O)NCC(CC(C)C)NC(=O)CCCOCC. The summed E-state index contributed by atoms with van der Waals surface area (Å²) in [5, 5.41) is 5.94. The minimum Gasteiger partial charge on any atom is -0.382 e. The fourth-order valence-electron chi connectivity index (χ4n) is 2.35. The Balaban J connectivity index is 4.07. The molecule has 1 atom stereocenters. The topological polar surface area (TPSA) is 76.7 Å². The van der Waals surface area contributed by atoms with E-state index in [-0.39, 0.29) is 17.9 Å². The summed E-state index contributed by atoms with van der Waals surface area (Å²) in [5.41, 5.74) is 0. The highest BCUT2D eigenvalue weighted by Crippen LogP contribution is 2.05. The number of carbonyl (C=O) groups excluding carboxylic acids is 2. The van der Waals surface area contributed by atoms with E-state index in [0.717, 1.165) is 19.3 Å². The van der Waals surface area contributed by atoms with Crippen LogP contribution in [0.15, 0.2) is 0 Å². The predicted molar refractivity (Wildman–Crippen MR) is 95.8 cm³/mol. The maximum Gasteiger partial charge on any atom is 0.220 e. The van der Waals surface area contributed by atoms with Gasteiger partial charge in [-0.1, -0.05) is 13.8 Å². The van der Waals surface area contributed by atoms with Gasteiger partial charge in [-0.15, -0.1) is 0 Å². The summed E-state index contributed by atoms with van der Waals surface area (Å²) in [5.74, 6) is 0.480. The number of ether oxygens (including phenoxy) is 2. The summed E-state index contributed by atoms with van der Waals surface area (Å²) in [6, 6.07) is -0.0274. The maximum absolute atomic E-state index is 12.0. The van der Waals surface area contributed by atoms with E-state index in [9.17, 15) is 9.59 Å². The first-order valence-corrected chi connectivity index (χ1v) is 9.21. The molecule has 0 spiro atoms. The first-order valence-electron chi connectivity index (χ1n) is 9.21. The molecule has 0 aliphatic rings. The molecular formula is C18H36N2O4. The third kappa shape index (κ3) is 14.5. The molecule has 0 aromatic rings. The molecule has 24 heavy (non-hydrogen) atoms. The van der Waals surface area contributed by atoms with E-state index >= 15 is 0 Å². The van der Waals surface area contributed by atoms with Gasteiger partial charge in [0.15, 0.2) is 0 Å². The number of rotatable bonds is 15. The molecular weight excluding hydrogens is 308 g/mol. The fourth-order valence-corrected chi connectivity index (χ4v) is 2.35. The van der Waals surface area contributed by atoms with Crippen molar-refractivity contribution in [3.05, 3.63) is 0 Å². The second-order valence-corrected chi connectivity index (χ2v) is 6.30. The van der Waals surface area contributed by atoms with Crippen LogP contribution in [-0.2, 0) is 19.1 Å². The van der Waals surface area contributed by atoms with Gasteiger partial charge in [0, 0.05) is 51.9 Å². The summed E-state index contributed by atoms with van der Waals surface area (Å²) < 4.78 is 10.5. The lowest BCUT2D eigenvalue weighted by atomic mass is 10.0. The van der Waals surface area contributed by atoms with E-state index in [1.165, 1.54) is 0 Å². The molecule has 0 fully saturated rings. The summed E-state index contributed by atoms with van der Waals surface area (Å²) >= 11 is 0. The van der Waals surface area contributed by atoms with Crippen molar-refractivity contribution in [2.45, 2.75) is 65.8 Å². The highest BCUT2D eigenvalue weighted by Gasteiger charge is 2.15. The Morgan fingerprint density at radius 1 is 0.917 bits per heavy atom. The minimum atomic E-state index is -0.0274. The Hall–Kier alpha value is -1.14. The molecule has 6 heteroatoms. The predicted octanol–water partition coefficient (Wildman–Crippen LogP) is 2.27. The van der Waals surface area contributed by atoms with Gasteiger partial charge in [-0.25, -0.2) is 0 Å². The van der Waals surface area contributed by atoms with Gasteiger partial charge < -0.3 is 20.1 Å². The minimum absolute atomic E-state index is 0.00838. The van der Waals surface area contributed by atoms with Crippen LogP contribution in [0.1, 0.15) is 59.8 Å². The Labute approximate surface area is 147 Å². The van der Waals surface area contributed by atoms with Crippen molar-refractivity contribution < 1.29 is 19.1 Å². The number of hydrogen-bond acceptors (Lipinski definition) is 4. The second-order valence-electron chi connectivity index (χ2n) is 6.30. The molecule has 0 radical (unpaired) electrons. The van der Waals surface area contributed by atoms with Crippen LogP contribution in [0.4, 0.5) is 0 Å². The molecule has 0 saturated heterocycles. The molecule has 0 bridgehead atoms. The zero-order chi connectivity index (χ0) is 18.2. The number of amides is 2. The first kappa shape index (κ1) is 22.9. The van der Waals surface area contributed by atoms with E-state index in [2.05, 4.69) is 24.5 Å². The first-order chi connectivity index (χ1) is 11.5. The van der Waals surface area contributed by atoms with Crippen molar-refractivity contribution in [1.82, 2.24) is 10.6 Å². The van der Waals surface area contributed by atoms with Gasteiger partial charge in [0.2, 0.25) is 11.8 Å². The Kier molecular flexibility index (Phi) is 14.7. The van der Waals surface area contributed by atoms with Gasteiger partial charge in [0.1, 0.15) is 0 Å². The van der Waals surface area contributed by atoms with Crippen molar-refractivity contribution >= 4 is 11.8 Å². The molecule has 2 amide bonds. The van der Waals surface area contributed by atoms with E-state index in [4.69, 9.17) is 9.47 Å².